The quantitative estimate of drug-likeness (QED) is 0.473. The highest BCUT2D eigenvalue weighted by atomic mass is 35.5. The summed E-state index contributed by atoms with van der Waals surface area (Å²) in [6.45, 7) is 5.83. The molecule has 0 fully saturated rings. The first-order valence-corrected chi connectivity index (χ1v) is 10.5. The summed E-state index contributed by atoms with van der Waals surface area (Å²) < 4.78 is 0. The fraction of sp³-hybridized carbons (Fsp3) is 0.120. The molecule has 0 unspecified atom stereocenters. The Morgan fingerprint density at radius 3 is 2.19 bits per heavy atom. The summed E-state index contributed by atoms with van der Waals surface area (Å²) in [5, 5.41) is 4.26. The van der Waals surface area contributed by atoms with Gasteiger partial charge in [0.05, 0.1) is 11.3 Å². The molecule has 6 heteroatoms. The SMILES string of the molecule is Cc1ccc(N2C(=O)C(Nc3cccc(C)c3C)=C(c3ccc(Cl)cc3)C2=O)cc1Cl. The number of benzene rings is 3. The molecule has 156 valence electrons. The number of nitrogens with zero attached hydrogens (tertiary/aromatic N) is 1. The summed E-state index contributed by atoms with van der Waals surface area (Å²) >= 11 is 12.3. The third kappa shape index (κ3) is 3.85. The van der Waals surface area contributed by atoms with Gasteiger partial charge in [0.1, 0.15) is 5.70 Å². The Morgan fingerprint density at radius 1 is 0.806 bits per heavy atom. The lowest BCUT2D eigenvalue weighted by molar-refractivity contribution is -0.120. The van der Waals surface area contributed by atoms with E-state index in [4.69, 9.17) is 23.2 Å². The highest BCUT2D eigenvalue weighted by molar-refractivity contribution is 6.46. The number of imide groups is 1. The molecule has 0 saturated carbocycles. The minimum Gasteiger partial charge on any atom is -0.350 e. The van der Waals surface area contributed by atoms with Gasteiger partial charge in [0.15, 0.2) is 0 Å². The van der Waals surface area contributed by atoms with Gasteiger partial charge in [-0.2, -0.15) is 0 Å². The van der Waals surface area contributed by atoms with Crippen LogP contribution in [0.4, 0.5) is 11.4 Å². The molecule has 1 heterocycles. The van der Waals surface area contributed by atoms with E-state index in [-0.39, 0.29) is 5.70 Å². The maximum atomic E-state index is 13.5. The lowest BCUT2D eigenvalue weighted by Gasteiger charge is -2.17. The first kappa shape index (κ1) is 21.2. The summed E-state index contributed by atoms with van der Waals surface area (Å²) in [7, 11) is 0. The van der Waals surface area contributed by atoms with Crippen molar-refractivity contribution in [1.29, 1.82) is 0 Å². The van der Waals surface area contributed by atoms with Crippen molar-refractivity contribution in [1.82, 2.24) is 0 Å². The molecule has 4 nitrogen and oxygen atoms in total. The van der Waals surface area contributed by atoms with Crippen LogP contribution in [-0.2, 0) is 9.59 Å². The number of aryl methyl sites for hydroxylation is 2. The first-order valence-electron chi connectivity index (χ1n) is 9.76. The van der Waals surface area contributed by atoms with E-state index >= 15 is 0 Å². The van der Waals surface area contributed by atoms with Crippen molar-refractivity contribution in [2.24, 2.45) is 0 Å². The highest BCUT2D eigenvalue weighted by Gasteiger charge is 2.40. The molecule has 0 bridgehead atoms. The second kappa shape index (κ2) is 8.22. The van der Waals surface area contributed by atoms with Crippen LogP contribution in [0.3, 0.4) is 0 Å². The van der Waals surface area contributed by atoms with Gasteiger partial charge in [-0.1, -0.05) is 53.5 Å². The van der Waals surface area contributed by atoms with Crippen LogP contribution in [0.5, 0.6) is 0 Å². The molecule has 0 aromatic heterocycles. The zero-order valence-electron chi connectivity index (χ0n) is 17.3. The summed E-state index contributed by atoms with van der Waals surface area (Å²) in [5.41, 5.74) is 5.26. The maximum absolute atomic E-state index is 13.5. The van der Waals surface area contributed by atoms with E-state index in [2.05, 4.69) is 5.32 Å². The van der Waals surface area contributed by atoms with Crippen molar-refractivity contribution in [3.63, 3.8) is 0 Å². The molecule has 31 heavy (non-hydrogen) atoms. The summed E-state index contributed by atoms with van der Waals surface area (Å²) in [6, 6.07) is 17.8. The fourth-order valence-corrected chi connectivity index (χ4v) is 3.81. The van der Waals surface area contributed by atoms with Crippen LogP contribution in [0.25, 0.3) is 5.57 Å². The standard InChI is InChI=1S/C25H20Cl2N2O2/c1-14-5-4-6-21(16(14)3)28-23-22(17-8-10-18(26)11-9-17)24(30)29(25(23)31)19-12-7-15(2)20(27)13-19/h4-13,28H,1-3H3. The van der Waals surface area contributed by atoms with E-state index in [1.165, 1.54) is 0 Å². The van der Waals surface area contributed by atoms with Gasteiger partial charge in [0.2, 0.25) is 0 Å². The normalized spacial score (nSPS) is 13.9. The van der Waals surface area contributed by atoms with Crippen LogP contribution in [-0.4, -0.2) is 11.8 Å². The van der Waals surface area contributed by atoms with E-state index < -0.39 is 11.8 Å². The minimum atomic E-state index is -0.434. The van der Waals surface area contributed by atoms with Gasteiger partial charge in [-0.15, -0.1) is 0 Å². The molecule has 0 spiro atoms. The molecule has 1 aliphatic rings. The topological polar surface area (TPSA) is 49.4 Å². The van der Waals surface area contributed by atoms with Crippen molar-refractivity contribution in [3.8, 4) is 0 Å². The number of hydrogen-bond acceptors (Lipinski definition) is 3. The van der Waals surface area contributed by atoms with Crippen LogP contribution in [0, 0.1) is 20.8 Å². The maximum Gasteiger partial charge on any atom is 0.282 e. The molecule has 3 aromatic rings. The number of carbonyl (C=O) groups is 2. The Hall–Kier alpha value is -3.08. The van der Waals surface area contributed by atoms with E-state index in [0.717, 1.165) is 27.3 Å². The molecular formula is C25H20Cl2N2O2. The molecule has 0 atom stereocenters. The smallest absolute Gasteiger partial charge is 0.282 e. The molecule has 0 radical (unpaired) electrons. The molecule has 4 rings (SSSR count). The van der Waals surface area contributed by atoms with Gasteiger partial charge >= 0.3 is 0 Å². The molecular weight excluding hydrogens is 431 g/mol. The van der Waals surface area contributed by atoms with E-state index in [1.807, 2.05) is 39.0 Å². The second-order valence-electron chi connectivity index (χ2n) is 7.51. The van der Waals surface area contributed by atoms with Crippen molar-refractivity contribution in [2.75, 3.05) is 10.2 Å². The van der Waals surface area contributed by atoms with Crippen LogP contribution in [0.2, 0.25) is 10.0 Å². The molecule has 1 aliphatic heterocycles. The molecule has 3 aromatic carbocycles. The van der Waals surface area contributed by atoms with Gasteiger partial charge < -0.3 is 5.32 Å². The molecule has 1 N–H and O–H groups in total. The number of carbonyl (C=O) groups excluding carboxylic acids is 2. The number of hydrogen-bond donors (Lipinski definition) is 1. The van der Waals surface area contributed by atoms with Crippen molar-refractivity contribution in [2.45, 2.75) is 20.8 Å². The Bertz CT molecular complexity index is 1250. The summed E-state index contributed by atoms with van der Waals surface area (Å²) in [4.78, 5) is 28.1. The Balaban J connectivity index is 1.85. The molecule has 2 amide bonds. The van der Waals surface area contributed by atoms with Gasteiger partial charge in [-0.3, -0.25) is 9.59 Å². The van der Waals surface area contributed by atoms with Crippen molar-refractivity contribution in [3.05, 3.63) is 98.7 Å². The largest absolute Gasteiger partial charge is 0.350 e. The van der Waals surface area contributed by atoms with Crippen LogP contribution < -0.4 is 10.2 Å². The Morgan fingerprint density at radius 2 is 1.52 bits per heavy atom. The third-order valence-corrected chi connectivity index (χ3v) is 6.15. The third-order valence-electron chi connectivity index (χ3n) is 5.49. The first-order chi connectivity index (χ1) is 14.8. The Kier molecular flexibility index (Phi) is 5.61. The number of amides is 2. The zero-order valence-corrected chi connectivity index (χ0v) is 18.8. The van der Waals surface area contributed by atoms with Crippen LogP contribution in [0.15, 0.2) is 66.4 Å². The van der Waals surface area contributed by atoms with Crippen molar-refractivity contribution >= 4 is 52.0 Å². The van der Waals surface area contributed by atoms with E-state index in [9.17, 15) is 9.59 Å². The monoisotopic (exact) mass is 450 g/mol. The van der Waals surface area contributed by atoms with Gasteiger partial charge in [-0.05, 0) is 73.4 Å². The van der Waals surface area contributed by atoms with Gasteiger partial charge in [0.25, 0.3) is 11.8 Å². The predicted octanol–water partition coefficient (Wildman–Crippen LogP) is 6.32. The Labute approximate surface area is 191 Å². The number of anilines is 2. The van der Waals surface area contributed by atoms with Gasteiger partial charge in [0, 0.05) is 15.7 Å². The number of rotatable bonds is 4. The second-order valence-corrected chi connectivity index (χ2v) is 8.35. The number of halogens is 2. The fourth-order valence-electron chi connectivity index (χ4n) is 3.51. The molecule has 0 saturated heterocycles. The van der Waals surface area contributed by atoms with Crippen molar-refractivity contribution < 1.29 is 9.59 Å². The van der Waals surface area contributed by atoms with Crippen LogP contribution in [0.1, 0.15) is 22.3 Å². The average molecular weight is 451 g/mol. The van der Waals surface area contributed by atoms with Crippen LogP contribution >= 0.6 is 23.2 Å². The summed E-state index contributed by atoms with van der Waals surface area (Å²) in [6.07, 6.45) is 0. The lowest BCUT2D eigenvalue weighted by atomic mass is 10.0. The average Bonchev–Trinajstić information content (AvgIpc) is 2.98. The highest BCUT2D eigenvalue weighted by Crippen LogP contribution is 2.36. The predicted molar refractivity (Wildman–Crippen MR) is 127 cm³/mol. The van der Waals surface area contributed by atoms with E-state index in [1.54, 1.807) is 42.5 Å². The minimum absolute atomic E-state index is 0.220. The van der Waals surface area contributed by atoms with E-state index in [0.29, 0.717) is 26.9 Å². The molecule has 0 aliphatic carbocycles. The number of nitrogens with one attached hydrogen (secondary N) is 1. The lowest BCUT2D eigenvalue weighted by Crippen LogP contribution is -2.32. The van der Waals surface area contributed by atoms with Gasteiger partial charge in [-0.25, -0.2) is 4.90 Å². The summed E-state index contributed by atoms with van der Waals surface area (Å²) in [5.74, 6) is -0.851. The zero-order chi connectivity index (χ0) is 22.3.